The molecular formula is C9H11Cl3N2O6. The van der Waals surface area contributed by atoms with Gasteiger partial charge in [-0.05, 0) is 0 Å². The quantitative estimate of drug-likeness (QED) is 0.661. The number of carbonyl (C=O) groups excluding carboxylic acids is 1. The number of alkyl halides is 3. The Labute approximate surface area is 128 Å². The van der Waals surface area contributed by atoms with Gasteiger partial charge in [0.2, 0.25) is 3.79 Å². The second kappa shape index (κ2) is 6.55. The van der Waals surface area contributed by atoms with Crippen LogP contribution in [0.2, 0.25) is 0 Å². The van der Waals surface area contributed by atoms with E-state index in [9.17, 15) is 14.4 Å². The maximum Gasteiger partial charge on any atom is 0.408 e. The van der Waals surface area contributed by atoms with Gasteiger partial charge in [-0.15, -0.1) is 0 Å². The fraction of sp³-hybridized carbons (Fsp3) is 0.667. The van der Waals surface area contributed by atoms with E-state index in [1.165, 1.54) is 0 Å². The predicted molar refractivity (Wildman–Crippen MR) is 69.3 cm³/mol. The molecule has 0 aromatic heterocycles. The van der Waals surface area contributed by atoms with Crippen molar-refractivity contribution in [1.82, 2.24) is 10.2 Å². The summed E-state index contributed by atoms with van der Waals surface area (Å²) in [6.07, 6.45) is -2.36. The Morgan fingerprint density at radius 3 is 2.30 bits per heavy atom. The highest BCUT2D eigenvalue weighted by atomic mass is 35.6. The van der Waals surface area contributed by atoms with Crippen molar-refractivity contribution >= 4 is 53.0 Å². The summed E-state index contributed by atoms with van der Waals surface area (Å²) in [5, 5.41) is 20.1. The van der Waals surface area contributed by atoms with Gasteiger partial charge in [-0.3, -0.25) is 4.90 Å². The van der Waals surface area contributed by atoms with Crippen molar-refractivity contribution in [3.63, 3.8) is 0 Å². The van der Waals surface area contributed by atoms with Gasteiger partial charge in [0.1, 0.15) is 12.6 Å². The Morgan fingerprint density at radius 1 is 1.30 bits per heavy atom. The molecule has 3 N–H and O–H groups in total. The molecule has 1 aliphatic rings. The Bertz CT molecular complexity index is 391. The van der Waals surface area contributed by atoms with E-state index in [0.717, 1.165) is 4.90 Å². The van der Waals surface area contributed by atoms with Crippen molar-refractivity contribution in [2.75, 3.05) is 13.2 Å². The van der Waals surface area contributed by atoms with E-state index in [1.807, 2.05) is 0 Å². The molecule has 0 aromatic carbocycles. The molecular weight excluding hydrogens is 338 g/mol. The predicted octanol–water partition coefficient (Wildman–Crippen LogP) is 1.29. The van der Waals surface area contributed by atoms with Crippen LogP contribution in [0.5, 0.6) is 0 Å². The molecule has 0 aromatic rings. The molecule has 0 spiro atoms. The minimum Gasteiger partial charge on any atom is -0.480 e. The maximum absolute atomic E-state index is 11.4. The molecule has 1 fully saturated rings. The normalized spacial score (nSPS) is 22.4. The van der Waals surface area contributed by atoms with Crippen LogP contribution in [0.3, 0.4) is 0 Å². The molecule has 20 heavy (non-hydrogen) atoms. The highest BCUT2D eigenvalue weighted by molar-refractivity contribution is 6.67. The standard InChI is InChI=1S/C9H11Cl3N2O6/c10-9(11,12)3-20-7(17)13-4-1-5(6(15)16)14(2-4)8(18)19/h4-5H,1-3H2,(H,13,17)(H,15,16)(H,18,19)/t4-,5-/m0/s1. The van der Waals surface area contributed by atoms with Crippen LogP contribution in [-0.4, -0.2) is 62.3 Å². The first-order valence-corrected chi connectivity index (χ1v) is 6.46. The van der Waals surface area contributed by atoms with Crippen LogP contribution in [0, 0.1) is 0 Å². The van der Waals surface area contributed by atoms with Crippen LogP contribution in [0.25, 0.3) is 0 Å². The summed E-state index contributed by atoms with van der Waals surface area (Å²) in [6.45, 7) is -0.642. The van der Waals surface area contributed by atoms with Crippen LogP contribution in [-0.2, 0) is 9.53 Å². The van der Waals surface area contributed by atoms with Gasteiger partial charge in [0, 0.05) is 13.0 Å². The molecule has 0 bridgehead atoms. The van der Waals surface area contributed by atoms with Crippen molar-refractivity contribution in [2.45, 2.75) is 22.3 Å². The second-order valence-electron chi connectivity index (χ2n) is 4.06. The summed E-state index contributed by atoms with van der Waals surface area (Å²) in [4.78, 5) is 33.9. The number of nitrogens with one attached hydrogen (secondary N) is 1. The molecule has 2 amide bonds. The number of rotatable bonds is 3. The third-order valence-corrected chi connectivity index (χ3v) is 2.85. The largest absolute Gasteiger partial charge is 0.480 e. The zero-order valence-electron chi connectivity index (χ0n) is 9.88. The molecule has 11 heteroatoms. The summed E-state index contributed by atoms with van der Waals surface area (Å²) in [7, 11) is 0. The molecule has 0 unspecified atom stereocenters. The molecule has 114 valence electrons. The van der Waals surface area contributed by atoms with Gasteiger partial charge in [0.15, 0.2) is 0 Å². The Balaban J connectivity index is 2.52. The minimum atomic E-state index is -1.76. The lowest BCUT2D eigenvalue weighted by atomic mass is 10.2. The van der Waals surface area contributed by atoms with Gasteiger partial charge in [0.05, 0.1) is 6.04 Å². The molecule has 1 saturated heterocycles. The van der Waals surface area contributed by atoms with E-state index < -0.39 is 40.6 Å². The van der Waals surface area contributed by atoms with Crippen LogP contribution < -0.4 is 5.32 Å². The van der Waals surface area contributed by atoms with Gasteiger partial charge in [-0.2, -0.15) is 0 Å². The van der Waals surface area contributed by atoms with Gasteiger partial charge in [-0.25, -0.2) is 14.4 Å². The smallest absolute Gasteiger partial charge is 0.408 e. The number of nitrogens with zero attached hydrogens (tertiary/aromatic N) is 1. The molecule has 1 rings (SSSR count). The van der Waals surface area contributed by atoms with Crippen molar-refractivity contribution in [1.29, 1.82) is 0 Å². The zero-order valence-corrected chi connectivity index (χ0v) is 12.2. The number of likely N-dealkylation sites (tertiary alicyclic amines) is 1. The van der Waals surface area contributed by atoms with Crippen LogP contribution in [0.15, 0.2) is 0 Å². The van der Waals surface area contributed by atoms with Crippen LogP contribution >= 0.6 is 34.8 Å². The van der Waals surface area contributed by atoms with Crippen molar-refractivity contribution < 1.29 is 29.3 Å². The van der Waals surface area contributed by atoms with Crippen molar-refractivity contribution in [2.24, 2.45) is 0 Å². The molecule has 0 saturated carbocycles. The average Bonchev–Trinajstić information content (AvgIpc) is 2.69. The van der Waals surface area contributed by atoms with Gasteiger partial charge >= 0.3 is 18.2 Å². The first kappa shape index (κ1) is 16.9. The molecule has 2 atom stereocenters. The first-order valence-electron chi connectivity index (χ1n) is 5.32. The number of carbonyl (C=O) groups is 3. The Morgan fingerprint density at radius 2 is 1.90 bits per heavy atom. The minimum absolute atomic E-state index is 0.0650. The van der Waals surface area contributed by atoms with Gasteiger partial charge in [-0.1, -0.05) is 34.8 Å². The van der Waals surface area contributed by atoms with E-state index in [-0.39, 0.29) is 13.0 Å². The fourth-order valence-electron chi connectivity index (χ4n) is 1.74. The van der Waals surface area contributed by atoms with Gasteiger partial charge in [0.25, 0.3) is 0 Å². The molecule has 1 aliphatic heterocycles. The first-order chi connectivity index (χ1) is 9.10. The number of halogens is 3. The number of hydrogen-bond donors (Lipinski definition) is 3. The van der Waals surface area contributed by atoms with Gasteiger partial charge < -0.3 is 20.3 Å². The molecule has 0 aliphatic carbocycles. The SMILES string of the molecule is O=C(N[C@H]1C[C@@H](C(=O)O)N(C(=O)O)C1)OCC(Cl)(Cl)Cl. The van der Waals surface area contributed by atoms with E-state index in [2.05, 4.69) is 10.1 Å². The summed E-state index contributed by atoms with van der Waals surface area (Å²) in [6, 6.07) is -1.90. The summed E-state index contributed by atoms with van der Waals surface area (Å²) < 4.78 is 2.84. The lowest BCUT2D eigenvalue weighted by Crippen LogP contribution is -2.41. The van der Waals surface area contributed by atoms with E-state index in [0.29, 0.717) is 0 Å². The lowest BCUT2D eigenvalue weighted by molar-refractivity contribution is -0.141. The fourth-order valence-corrected chi connectivity index (χ4v) is 1.91. The number of aliphatic carboxylic acids is 1. The van der Waals surface area contributed by atoms with Crippen LogP contribution in [0.4, 0.5) is 9.59 Å². The van der Waals surface area contributed by atoms with Crippen molar-refractivity contribution in [3.05, 3.63) is 0 Å². The molecule has 0 radical (unpaired) electrons. The number of hydrogen-bond acceptors (Lipinski definition) is 4. The molecule has 8 nitrogen and oxygen atoms in total. The number of carboxylic acids is 1. The number of amides is 2. The van der Waals surface area contributed by atoms with Crippen molar-refractivity contribution in [3.8, 4) is 0 Å². The van der Waals surface area contributed by atoms with E-state index in [1.54, 1.807) is 0 Å². The number of ether oxygens (including phenoxy) is 1. The summed E-state index contributed by atoms with van der Waals surface area (Å²) >= 11 is 16.2. The maximum atomic E-state index is 11.4. The lowest BCUT2D eigenvalue weighted by Gasteiger charge is -2.17. The monoisotopic (exact) mass is 348 g/mol. The topological polar surface area (TPSA) is 116 Å². The third kappa shape index (κ3) is 5.10. The molecule has 1 heterocycles. The van der Waals surface area contributed by atoms with E-state index >= 15 is 0 Å². The van der Waals surface area contributed by atoms with Crippen LogP contribution in [0.1, 0.15) is 6.42 Å². The zero-order chi connectivity index (χ0) is 15.5. The second-order valence-corrected chi connectivity index (χ2v) is 6.57. The number of carboxylic acid groups (broad SMARTS) is 2. The summed E-state index contributed by atoms with van der Waals surface area (Å²) in [5.74, 6) is -1.29. The Kier molecular flexibility index (Phi) is 5.55. The third-order valence-electron chi connectivity index (χ3n) is 2.52. The highest BCUT2D eigenvalue weighted by Crippen LogP contribution is 2.26. The highest BCUT2D eigenvalue weighted by Gasteiger charge is 2.40. The number of alkyl carbamates (subject to hydrolysis) is 1. The van der Waals surface area contributed by atoms with E-state index in [4.69, 9.17) is 45.0 Å². The average molecular weight is 350 g/mol. The summed E-state index contributed by atoms with van der Waals surface area (Å²) in [5.41, 5.74) is 0. The Hall–Kier alpha value is -1.12.